The van der Waals surface area contributed by atoms with Crippen molar-refractivity contribution in [3.8, 4) is 0 Å². The number of hydrogen-bond acceptors (Lipinski definition) is 4. The van der Waals surface area contributed by atoms with Gasteiger partial charge in [0.2, 0.25) is 0 Å². The molecule has 1 unspecified atom stereocenters. The first-order chi connectivity index (χ1) is 11.7. The van der Waals surface area contributed by atoms with Crippen LogP contribution in [0.2, 0.25) is 0 Å². The van der Waals surface area contributed by atoms with Crippen LogP contribution in [0.25, 0.3) is 10.8 Å². The van der Waals surface area contributed by atoms with Gasteiger partial charge in [0.25, 0.3) is 5.91 Å². The number of hydrogen-bond donors (Lipinski definition) is 3. The molecule has 1 atom stereocenters. The largest absolute Gasteiger partial charge is 0.392 e. The first kappa shape index (κ1) is 21.9. The number of amides is 1. The second-order valence-corrected chi connectivity index (χ2v) is 5.60. The SMILES string of the molecule is Cl.Cl.NCC(NC(=O)c1ccc2cnccc2c1)c1ccc(CO)cc1. The molecule has 2 aromatic carbocycles. The predicted octanol–water partition coefficient (Wildman–Crippen LogP) is 3.00. The van der Waals surface area contributed by atoms with E-state index in [2.05, 4.69) is 10.3 Å². The molecule has 5 nitrogen and oxygen atoms in total. The summed E-state index contributed by atoms with van der Waals surface area (Å²) in [6.45, 7) is 0.285. The maximum Gasteiger partial charge on any atom is 0.251 e. The van der Waals surface area contributed by atoms with Gasteiger partial charge in [-0.1, -0.05) is 30.3 Å². The molecule has 0 saturated heterocycles. The van der Waals surface area contributed by atoms with Crippen LogP contribution in [0, 0.1) is 0 Å². The van der Waals surface area contributed by atoms with Crippen molar-refractivity contribution >= 4 is 41.5 Å². The molecule has 3 aromatic rings. The predicted molar refractivity (Wildman–Crippen MR) is 108 cm³/mol. The molecule has 0 bridgehead atoms. The number of aliphatic hydroxyl groups is 1. The maximum absolute atomic E-state index is 12.5. The van der Waals surface area contributed by atoms with Crippen molar-refractivity contribution in [1.29, 1.82) is 0 Å². The molecule has 1 aromatic heterocycles. The highest BCUT2D eigenvalue weighted by atomic mass is 35.5. The highest BCUT2D eigenvalue weighted by Crippen LogP contribution is 2.17. The van der Waals surface area contributed by atoms with Gasteiger partial charge in [0.15, 0.2) is 0 Å². The molecule has 1 heterocycles. The minimum Gasteiger partial charge on any atom is -0.392 e. The number of carbonyl (C=O) groups excluding carboxylic acids is 1. The third kappa shape index (κ3) is 4.93. The van der Waals surface area contributed by atoms with Crippen LogP contribution in [-0.4, -0.2) is 22.5 Å². The fourth-order valence-corrected chi connectivity index (χ4v) is 2.60. The van der Waals surface area contributed by atoms with Gasteiger partial charge in [0.1, 0.15) is 0 Å². The molecule has 4 N–H and O–H groups in total. The Morgan fingerprint density at radius 3 is 2.46 bits per heavy atom. The lowest BCUT2D eigenvalue weighted by atomic mass is 10.0. The molecule has 3 rings (SSSR count). The highest BCUT2D eigenvalue weighted by molar-refractivity contribution is 5.98. The Balaban J connectivity index is 0.00000169. The Morgan fingerprint density at radius 2 is 1.81 bits per heavy atom. The zero-order chi connectivity index (χ0) is 16.9. The molecule has 138 valence electrons. The molecule has 0 spiro atoms. The molecule has 26 heavy (non-hydrogen) atoms. The molecule has 0 radical (unpaired) electrons. The molecule has 0 fully saturated rings. The van der Waals surface area contributed by atoms with Crippen LogP contribution in [0.3, 0.4) is 0 Å². The van der Waals surface area contributed by atoms with Crippen molar-refractivity contribution in [3.05, 3.63) is 77.6 Å². The van der Waals surface area contributed by atoms with Gasteiger partial charge in [0, 0.05) is 29.9 Å². The van der Waals surface area contributed by atoms with Gasteiger partial charge in [-0.25, -0.2) is 0 Å². The van der Waals surface area contributed by atoms with E-state index in [-0.39, 0.29) is 43.4 Å². The minimum atomic E-state index is -0.279. The monoisotopic (exact) mass is 393 g/mol. The number of fused-ring (bicyclic) bond motifs is 1. The van der Waals surface area contributed by atoms with E-state index in [0.717, 1.165) is 21.9 Å². The van der Waals surface area contributed by atoms with Gasteiger partial charge in [0.05, 0.1) is 12.6 Å². The summed E-state index contributed by atoms with van der Waals surface area (Å²) in [6, 6.07) is 14.5. The average Bonchev–Trinajstić information content (AvgIpc) is 2.65. The summed E-state index contributed by atoms with van der Waals surface area (Å²) in [5.74, 6) is -0.171. The number of benzene rings is 2. The maximum atomic E-state index is 12.5. The van der Waals surface area contributed by atoms with Gasteiger partial charge in [-0.05, 0) is 34.7 Å². The summed E-state index contributed by atoms with van der Waals surface area (Å²) in [7, 11) is 0. The van der Waals surface area contributed by atoms with E-state index < -0.39 is 0 Å². The van der Waals surface area contributed by atoms with Crippen LogP contribution in [-0.2, 0) is 6.61 Å². The number of aromatic nitrogens is 1. The average molecular weight is 394 g/mol. The van der Waals surface area contributed by atoms with Crippen molar-refractivity contribution in [2.24, 2.45) is 5.73 Å². The topological polar surface area (TPSA) is 88.2 Å². The van der Waals surface area contributed by atoms with Crippen molar-refractivity contribution in [3.63, 3.8) is 0 Å². The highest BCUT2D eigenvalue weighted by Gasteiger charge is 2.14. The van der Waals surface area contributed by atoms with E-state index in [1.807, 2.05) is 42.5 Å². The Bertz CT molecular complexity index is 857. The Kier molecular flexibility index (Phi) is 8.48. The Morgan fingerprint density at radius 1 is 1.08 bits per heavy atom. The molecular weight excluding hydrogens is 373 g/mol. The molecule has 1 amide bonds. The van der Waals surface area contributed by atoms with Crippen LogP contribution in [0.1, 0.15) is 27.5 Å². The van der Waals surface area contributed by atoms with E-state index in [9.17, 15) is 4.79 Å². The summed E-state index contributed by atoms with van der Waals surface area (Å²) >= 11 is 0. The third-order valence-corrected chi connectivity index (χ3v) is 4.01. The quantitative estimate of drug-likeness (QED) is 0.621. The summed E-state index contributed by atoms with van der Waals surface area (Å²) in [6.07, 6.45) is 3.47. The number of aliphatic hydroxyl groups excluding tert-OH is 1. The van der Waals surface area contributed by atoms with Crippen LogP contribution < -0.4 is 11.1 Å². The summed E-state index contributed by atoms with van der Waals surface area (Å²) in [5, 5.41) is 14.0. The fourth-order valence-electron chi connectivity index (χ4n) is 2.60. The number of halogens is 2. The molecule has 0 aliphatic carbocycles. The van der Waals surface area contributed by atoms with Crippen molar-refractivity contribution in [1.82, 2.24) is 10.3 Å². The van der Waals surface area contributed by atoms with E-state index in [1.54, 1.807) is 18.5 Å². The summed E-state index contributed by atoms with van der Waals surface area (Å²) < 4.78 is 0. The van der Waals surface area contributed by atoms with Gasteiger partial charge < -0.3 is 16.2 Å². The van der Waals surface area contributed by atoms with E-state index in [4.69, 9.17) is 10.8 Å². The number of nitrogens with one attached hydrogen (secondary N) is 1. The van der Waals surface area contributed by atoms with Gasteiger partial charge in [-0.2, -0.15) is 0 Å². The van der Waals surface area contributed by atoms with E-state index in [0.29, 0.717) is 12.1 Å². The van der Waals surface area contributed by atoms with Gasteiger partial charge in [-0.3, -0.25) is 9.78 Å². The number of pyridine rings is 1. The zero-order valence-corrected chi connectivity index (χ0v) is 15.6. The second-order valence-electron chi connectivity index (χ2n) is 5.60. The smallest absolute Gasteiger partial charge is 0.251 e. The summed E-state index contributed by atoms with van der Waals surface area (Å²) in [5.41, 5.74) is 8.14. The third-order valence-electron chi connectivity index (χ3n) is 4.01. The van der Waals surface area contributed by atoms with Gasteiger partial charge >= 0.3 is 0 Å². The normalized spacial score (nSPS) is 11.2. The first-order valence-electron chi connectivity index (χ1n) is 7.75. The number of nitrogens with zero attached hydrogens (tertiary/aromatic N) is 1. The fraction of sp³-hybridized carbons (Fsp3) is 0.158. The standard InChI is InChI=1S/C19H19N3O2.2ClH/c20-10-18(14-3-1-13(12-23)2-4-14)22-19(24)16-5-6-17-11-21-8-7-15(17)9-16;;/h1-9,11,18,23H,10,12,20H2,(H,22,24);2*1H. The van der Waals surface area contributed by atoms with E-state index in [1.165, 1.54) is 0 Å². The lowest BCUT2D eigenvalue weighted by molar-refractivity contribution is 0.0938. The lowest BCUT2D eigenvalue weighted by Gasteiger charge is -2.18. The van der Waals surface area contributed by atoms with Crippen LogP contribution in [0.5, 0.6) is 0 Å². The van der Waals surface area contributed by atoms with Crippen molar-refractivity contribution < 1.29 is 9.90 Å². The van der Waals surface area contributed by atoms with Gasteiger partial charge in [-0.15, -0.1) is 24.8 Å². The van der Waals surface area contributed by atoms with Crippen LogP contribution in [0.4, 0.5) is 0 Å². The molecule has 0 saturated carbocycles. The first-order valence-corrected chi connectivity index (χ1v) is 7.75. The van der Waals surface area contributed by atoms with Crippen LogP contribution in [0.15, 0.2) is 60.9 Å². The molecule has 7 heteroatoms. The lowest BCUT2D eigenvalue weighted by Crippen LogP contribution is -2.33. The van der Waals surface area contributed by atoms with Crippen molar-refractivity contribution in [2.45, 2.75) is 12.6 Å². The Labute approximate surface area is 164 Å². The number of carbonyl (C=O) groups is 1. The Hall–Kier alpha value is -2.18. The minimum absolute atomic E-state index is 0. The zero-order valence-electron chi connectivity index (χ0n) is 14.0. The van der Waals surface area contributed by atoms with Crippen molar-refractivity contribution in [2.75, 3.05) is 6.54 Å². The summed E-state index contributed by atoms with van der Waals surface area (Å²) in [4.78, 5) is 16.6. The second kappa shape index (κ2) is 10.1. The molecular formula is C19H21Cl2N3O2. The molecule has 0 aliphatic heterocycles. The van der Waals surface area contributed by atoms with E-state index >= 15 is 0 Å². The molecule has 0 aliphatic rings. The van der Waals surface area contributed by atoms with Crippen LogP contribution >= 0.6 is 24.8 Å². The number of nitrogens with two attached hydrogens (primary N) is 1. The number of rotatable bonds is 5.